The van der Waals surface area contributed by atoms with Crippen molar-refractivity contribution in [3.63, 3.8) is 0 Å². The van der Waals surface area contributed by atoms with Crippen LogP contribution in [0.25, 0.3) is 10.2 Å². The number of thiazole rings is 1. The van der Waals surface area contributed by atoms with E-state index in [1.807, 2.05) is 12.1 Å². The minimum Gasteiger partial charge on any atom is -0.327 e. The molecule has 0 amide bonds. The summed E-state index contributed by atoms with van der Waals surface area (Å²) in [4.78, 5) is 4.21. The van der Waals surface area contributed by atoms with Crippen molar-refractivity contribution in [2.24, 2.45) is 0 Å². The quantitative estimate of drug-likeness (QED) is 0.679. The topological polar surface area (TPSA) is 24.9 Å². The van der Waals surface area contributed by atoms with E-state index in [0.29, 0.717) is 22.8 Å². The van der Waals surface area contributed by atoms with Gasteiger partial charge in [-0.1, -0.05) is 27.3 Å². The van der Waals surface area contributed by atoms with Crippen LogP contribution in [0.1, 0.15) is 0 Å². The minimum atomic E-state index is -0.997. The molecule has 102 valence electrons. The zero-order chi connectivity index (χ0) is 14.3. The van der Waals surface area contributed by atoms with Crippen molar-refractivity contribution in [3.8, 4) is 0 Å². The largest absolute Gasteiger partial charge is 0.327 e. The smallest absolute Gasteiger partial charge is 0.188 e. The number of hydrogen-bond donors (Lipinski definition) is 1. The molecule has 1 N–H and O–H groups in total. The van der Waals surface area contributed by atoms with Gasteiger partial charge in [0.05, 0.1) is 10.2 Å². The molecule has 2 aromatic carbocycles. The number of halogens is 4. The Morgan fingerprint density at radius 1 is 1.05 bits per heavy atom. The Bertz CT molecular complexity index is 780. The fourth-order valence-electron chi connectivity index (χ4n) is 1.72. The third-order valence-electron chi connectivity index (χ3n) is 2.59. The molecule has 0 aliphatic carbocycles. The van der Waals surface area contributed by atoms with Gasteiger partial charge in [0.25, 0.3) is 0 Å². The highest BCUT2D eigenvalue weighted by molar-refractivity contribution is 9.10. The first-order valence-electron chi connectivity index (χ1n) is 5.50. The van der Waals surface area contributed by atoms with Crippen LogP contribution in [0.15, 0.2) is 34.8 Å². The zero-order valence-corrected chi connectivity index (χ0v) is 12.2. The highest BCUT2D eigenvalue weighted by Gasteiger charge is 2.13. The standard InChI is InChI=1S/C13H6BrF3N2S/c14-6-1-2-10-11(3-6)20-13(18-10)19-12-8(16)4-7(15)5-9(12)17/h1-5H,(H,18,19). The van der Waals surface area contributed by atoms with Crippen LogP contribution in [0.5, 0.6) is 0 Å². The number of benzene rings is 2. The van der Waals surface area contributed by atoms with Crippen LogP contribution in [0.4, 0.5) is 24.0 Å². The summed E-state index contributed by atoms with van der Waals surface area (Å²) in [6.07, 6.45) is 0. The number of nitrogens with one attached hydrogen (secondary N) is 1. The van der Waals surface area contributed by atoms with Crippen molar-refractivity contribution in [2.75, 3.05) is 5.32 Å². The molecule has 0 fully saturated rings. The lowest BCUT2D eigenvalue weighted by Gasteiger charge is -2.05. The van der Waals surface area contributed by atoms with E-state index in [1.54, 1.807) is 6.07 Å². The monoisotopic (exact) mass is 358 g/mol. The van der Waals surface area contributed by atoms with E-state index >= 15 is 0 Å². The van der Waals surface area contributed by atoms with E-state index in [9.17, 15) is 13.2 Å². The van der Waals surface area contributed by atoms with E-state index in [1.165, 1.54) is 11.3 Å². The first-order chi connectivity index (χ1) is 9.52. The maximum absolute atomic E-state index is 13.5. The Balaban J connectivity index is 2.01. The van der Waals surface area contributed by atoms with E-state index in [4.69, 9.17) is 0 Å². The van der Waals surface area contributed by atoms with Crippen LogP contribution in [-0.4, -0.2) is 4.98 Å². The molecular weight excluding hydrogens is 353 g/mol. The molecule has 0 unspecified atom stereocenters. The maximum atomic E-state index is 13.5. The normalized spacial score (nSPS) is 11.0. The maximum Gasteiger partial charge on any atom is 0.188 e. The molecule has 2 nitrogen and oxygen atoms in total. The van der Waals surface area contributed by atoms with Crippen LogP contribution in [0, 0.1) is 17.5 Å². The summed E-state index contributed by atoms with van der Waals surface area (Å²) in [6, 6.07) is 6.71. The number of hydrogen-bond acceptors (Lipinski definition) is 3. The molecule has 0 saturated carbocycles. The van der Waals surface area contributed by atoms with Crippen molar-refractivity contribution in [1.82, 2.24) is 4.98 Å². The van der Waals surface area contributed by atoms with Crippen LogP contribution in [-0.2, 0) is 0 Å². The van der Waals surface area contributed by atoms with E-state index in [2.05, 4.69) is 26.2 Å². The second-order valence-electron chi connectivity index (χ2n) is 4.00. The van der Waals surface area contributed by atoms with Crippen LogP contribution >= 0.6 is 27.3 Å². The predicted molar refractivity (Wildman–Crippen MR) is 76.9 cm³/mol. The fraction of sp³-hybridized carbons (Fsp3) is 0. The first kappa shape index (κ1) is 13.4. The van der Waals surface area contributed by atoms with Crippen molar-refractivity contribution in [1.29, 1.82) is 0 Å². The van der Waals surface area contributed by atoms with Crippen molar-refractivity contribution in [3.05, 3.63) is 52.3 Å². The molecule has 0 spiro atoms. The average Bonchev–Trinajstić information content (AvgIpc) is 2.75. The van der Waals surface area contributed by atoms with E-state index in [-0.39, 0.29) is 0 Å². The summed E-state index contributed by atoms with van der Waals surface area (Å²) in [5.74, 6) is -2.95. The molecule has 0 radical (unpaired) electrons. The van der Waals surface area contributed by atoms with Gasteiger partial charge in [-0.25, -0.2) is 18.2 Å². The van der Waals surface area contributed by atoms with Gasteiger partial charge in [-0.05, 0) is 18.2 Å². The summed E-state index contributed by atoms with van der Waals surface area (Å²) in [7, 11) is 0. The van der Waals surface area contributed by atoms with Gasteiger partial charge < -0.3 is 5.32 Å². The molecular formula is C13H6BrF3N2S. The molecule has 3 rings (SSSR count). The number of fused-ring (bicyclic) bond motifs is 1. The molecule has 0 saturated heterocycles. The van der Waals surface area contributed by atoms with E-state index < -0.39 is 23.1 Å². The Morgan fingerprint density at radius 3 is 2.45 bits per heavy atom. The molecule has 7 heteroatoms. The molecule has 3 aromatic rings. The molecule has 0 bridgehead atoms. The van der Waals surface area contributed by atoms with Gasteiger partial charge in [0, 0.05) is 16.6 Å². The van der Waals surface area contributed by atoms with Gasteiger partial charge in [0.2, 0.25) is 0 Å². The van der Waals surface area contributed by atoms with Gasteiger partial charge in [0.15, 0.2) is 16.8 Å². The van der Waals surface area contributed by atoms with Gasteiger partial charge >= 0.3 is 0 Å². The highest BCUT2D eigenvalue weighted by Crippen LogP contribution is 2.32. The minimum absolute atomic E-state index is 0.336. The van der Waals surface area contributed by atoms with Gasteiger partial charge in [0.1, 0.15) is 11.5 Å². The number of rotatable bonds is 2. The highest BCUT2D eigenvalue weighted by atomic mass is 79.9. The lowest BCUT2D eigenvalue weighted by Crippen LogP contribution is -1.98. The van der Waals surface area contributed by atoms with Crippen molar-refractivity contribution < 1.29 is 13.2 Å². The number of anilines is 2. The second kappa shape index (κ2) is 5.06. The summed E-state index contributed by atoms with van der Waals surface area (Å²) >= 11 is 4.59. The van der Waals surface area contributed by atoms with Crippen molar-refractivity contribution in [2.45, 2.75) is 0 Å². The summed E-state index contributed by atoms with van der Waals surface area (Å²) in [5.41, 5.74) is 0.299. The summed E-state index contributed by atoms with van der Waals surface area (Å²) in [5, 5.41) is 2.89. The molecule has 0 aliphatic rings. The zero-order valence-electron chi connectivity index (χ0n) is 9.75. The Kier molecular flexibility index (Phi) is 3.39. The number of aromatic nitrogens is 1. The lowest BCUT2D eigenvalue weighted by molar-refractivity contribution is 0.549. The molecule has 1 aromatic heterocycles. The number of nitrogens with zero attached hydrogens (tertiary/aromatic N) is 1. The van der Waals surface area contributed by atoms with Crippen molar-refractivity contribution >= 4 is 48.3 Å². The Morgan fingerprint density at radius 2 is 1.75 bits per heavy atom. The summed E-state index contributed by atoms with van der Waals surface area (Å²) in [6.45, 7) is 0. The van der Waals surface area contributed by atoms with Crippen LogP contribution in [0.3, 0.4) is 0 Å². The Hall–Kier alpha value is -1.60. The molecule has 0 aliphatic heterocycles. The molecule has 0 atom stereocenters. The molecule has 20 heavy (non-hydrogen) atoms. The second-order valence-corrected chi connectivity index (χ2v) is 5.95. The van der Waals surface area contributed by atoms with Crippen LogP contribution in [0.2, 0.25) is 0 Å². The SMILES string of the molecule is Fc1cc(F)c(Nc2nc3ccc(Br)cc3s2)c(F)c1. The van der Waals surface area contributed by atoms with Gasteiger partial charge in [-0.2, -0.15) is 0 Å². The Labute approximate surface area is 124 Å². The summed E-state index contributed by atoms with van der Waals surface area (Å²) < 4.78 is 41.7. The molecule has 1 heterocycles. The fourth-order valence-corrected chi connectivity index (χ4v) is 3.14. The first-order valence-corrected chi connectivity index (χ1v) is 7.11. The third-order valence-corrected chi connectivity index (χ3v) is 4.02. The van der Waals surface area contributed by atoms with Crippen LogP contribution < -0.4 is 5.32 Å². The van der Waals surface area contributed by atoms with Gasteiger partial charge in [-0.15, -0.1) is 0 Å². The van der Waals surface area contributed by atoms with Gasteiger partial charge in [-0.3, -0.25) is 0 Å². The predicted octanol–water partition coefficient (Wildman–Crippen LogP) is 5.22. The average molecular weight is 359 g/mol. The third kappa shape index (κ3) is 2.51. The lowest BCUT2D eigenvalue weighted by atomic mass is 10.3. The van der Waals surface area contributed by atoms with E-state index in [0.717, 1.165) is 9.17 Å².